The van der Waals surface area contributed by atoms with Crippen molar-refractivity contribution in [3.63, 3.8) is 0 Å². The van der Waals surface area contributed by atoms with Gasteiger partial charge in [-0.3, -0.25) is 4.79 Å². The Hall–Kier alpha value is -1.06. The molecule has 0 aromatic carbocycles. The third-order valence-corrected chi connectivity index (χ3v) is 3.75. The molecule has 0 atom stereocenters. The van der Waals surface area contributed by atoms with Crippen LogP contribution in [0.1, 0.15) is 39.5 Å². The van der Waals surface area contributed by atoms with Gasteiger partial charge in [-0.05, 0) is 51.2 Å². The van der Waals surface area contributed by atoms with Crippen molar-refractivity contribution in [2.45, 2.75) is 45.6 Å². The molecule has 0 aromatic heterocycles. The number of ether oxygens (including phenoxy) is 2. The van der Waals surface area contributed by atoms with Crippen LogP contribution in [0, 0.1) is 5.92 Å². The number of hydrogen-bond donors (Lipinski definition) is 0. The maximum atomic E-state index is 11.7. The average molecular weight is 313 g/mol. The van der Waals surface area contributed by atoms with Crippen molar-refractivity contribution < 1.29 is 14.3 Å². The lowest BCUT2D eigenvalue weighted by Crippen LogP contribution is -2.27. The van der Waals surface area contributed by atoms with E-state index in [2.05, 4.69) is 6.58 Å². The third-order valence-electron chi connectivity index (χ3n) is 3.63. The summed E-state index contributed by atoms with van der Waals surface area (Å²) < 4.78 is 11.0. The van der Waals surface area contributed by atoms with Crippen LogP contribution in [0.3, 0.4) is 0 Å². The molecule has 0 aliphatic heterocycles. The number of halogens is 1. The van der Waals surface area contributed by atoms with Gasteiger partial charge in [0.15, 0.2) is 0 Å². The molecule has 0 spiro atoms. The number of allylic oxidation sites excluding steroid dienone is 3. The number of carbonyl (C=O) groups excluding carboxylic acids is 1. The minimum absolute atomic E-state index is 0.0467. The normalized spacial score (nSPS) is 23.3. The fourth-order valence-electron chi connectivity index (χ4n) is 2.36. The van der Waals surface area contributed by atoms with Gasteiger partial charge in [0.1, 0.15) is 0 Å². The second-order valence-corrected chi connectivity index (χ2v) is 5.67. The Morgan fingerprint density at radius 3 is 2.48 bits per heavy atom. The molecule has 0 radical (unpaired) electrons. The number of rotatable bonds is 7. The Bertz CT molecular complexity index is 404. The molecule has 118 valence electrons. The smallest absolute Gasteiger partial charge is 0.308 e. The van der Waals surface area contributed by atoms with Crippen LogP contribution in [0.5, 0.6) is 0 Å². The summed E-state index contributed by atoms with van der Waals surface area (Å²) in [5, 5.41) is 0.504. The zero-order valence-corrected chi connectivity index (χ0v) is 13.7. The highest BCUT2D eigenvalue weighted by Gasteiger charge is 2.27. The predicted octanol–water partition coefficient (Wildman–Crippen LogP) is 4.38. The van der Waals surface area contributed by atoms with Gasteiger partial charge in [0.25, 0.3) is 0 Å². The fourth-order valence-corrected chi connectivity index (χ4v) is 2.43. The molecule has 1 aliphatic rings. The van der Waals surface area contributed by atoms with Crippen LogP contribution in [0.25, 0.3) is 0 Å². The molecule has 0 saturated heterocycles. The Labute approximate surface area is 132 Å². The van der Waals surface area contributed by atoms with Gasteiger partial charge in [-0.25, -0.2) is 0 Å². The summed E-state index contributed by atoms with van der Waals surface area (Å²) in [5.41, 5.74) is 1.07. The van der Waals surface area contributed by atoms with Gasteiger partial charge in [0, 0.05) is 5.03 Å². The minimum Gasteiger partial charge on any atom is -0.466 e. The quantitative estimate of drug-likeness (QED) is 0.517. The summed E-state index contributed by atoms with van der Waals surface area (Å²) in [4.78, 5) is 11.7. The van der Waals surface area contributed by atoms with Gasteiger partial charge in [-0.1, -0.05) is 30.3 Å². The van der Waals surface area contributed by atoms with E-state index < -0.39 is 0 Å². The first-order chi connectivity index (χ1) is 10.1. The molecule has 0 bridgehead atoms. The molecular weight excluding hydrogens is 288 g/mol. The topological polar surface area (TPSA) is 35.5 Å². The number of esters is 1. The Kier molecular flexibility index (Phi) is 8.40. The van der Waals surface area contributed by atoms with Crippen LogP contribution in [-0.4, -0.2) is 25.3 Å². The fraction of sp³-hybridized carbons (Fsp3) is 0.588. The molecule has 1 fully saturated rings. The molecule has 1 aliphatic carbocycles. The highest BCUT2D eigenvalue weighted by Crippen LogP contribution is 2.27. The molecule has 0 aromatic rings. The van der Waals surface area contributed by atoms with Crippen LogP contribution in [0.4, 0.5) is 0 Å². The van der Waals surface area contributed by atoms with Crippen molar-refractivity contribution in [3.05, 3.63) is 35.4 Å². The first-order valence-corrected chi connectivity index (χ1v) is 7.90. The van der Waals surface area contributed by atoms with E-state index in [0.29, 0.717) is 18.2 Å². The zero-order valence-electron chi connectivity index (χ0n) is 12.9. The molecule has 0 N–H and O–H groups in total. The molecule has 21 heavy (non-hydrogen) atoms. The van der Waals surface area contributed by atoms with Crippen molar-refractivity contribution in [2.75, 3.05) is 13.2 Å². The number of carbonyl (C=O) groups is 1. The van der Waals surface area contributed by atoms with E-state index in [4.69, 9.17) is 21.1 Å². The SMILES string of the molecule is C=C(Cl)/C=C\C(=C/C)COC1CCC(C(=O)OCC)CC1. The summed E-state index contributed by atoms with van der Waals surface area (Å²) in [6.07, 6.45) is 9.42. The minimum atomic E-state index is -0.0614. The highest BCUT2D eigenvalue weighted by molar-refractivity contribution is 6.30. The highest BCUT2D eigenvalue weighted by atomic mass is 35.5. The van der Waals surface area contributed by atoms with E-state index in [1.807, 2.05) is 26.0 Å². The Morgan fingerprint density at radius 1 is 1.29 bits per heavy atom. The maximum Gasteiger partial charge on any atom is 0.308 e. The molecule has 0 heterocycles. The molecule has 4 heteroatoms. The lowest BCUT2D eigenvalue weighted by atomic mass is 9.87. The van der Waals surface area contributed by atoms with Gasteiger partial charge in [-0.15, -0.1) is 0 Å². The number of hydrogen-bond acceptors (Lipinski definition) is 3. The van der Waals surface area contributed by atoms with Gasteiger partial charge in [0.2, 0.25) is 0 Å². The van der Waals surface area contributed by atoms with Crippen LogP contribution in [0.15, 0.2) is 35.4 Å². The lowest BCUT2D eigenvalue weighted by Gasteiger charge is -2.27. The van der Waals surface area contributed by atoms with E-state index in [1.54, 1.807) is 6.08 Å². The summed E-state index contributed by atoms with van der Waals surface area (Å²) >= 11 is 5.71. The second-order valence-electron chi connectivity index (χ2n) is 5.18. The van der Waals surface area contributed by atoms with Crippen molar-refractivity contribution in [1.82, 2.24) is 0 Å². The predicted molar refractivity (Wildman–Crippen MR) is 86.2 cm³/mol. The molecule has 0 amide bonds. The van der Waals surface area contributed by atoms with Crippen LogP contribution in [-0.2, 0) is 14.3 Å². The van der Waals surface area contributed by atoms with E-state index in [0.717, 1.165) is 31.3 Å². The Balaban J connectivity index is 2.32. The lowest BCUT2D eigenvalue weighted by molar-refractivity contribution is -0.150. The standard InChI is InChI=1S/C17H25ClO3/c1-4-14(7-6-13(3)18)12-21-16-10-8-15(9-11-16)17(19)20-5-2/h4,6-7,15-16H,3,5,8-12H2,1-2H3/b7-6-,14-4+. The van der Waals surface area contributed by atoms with Crippen molar-refractivity contribution in [3.8, 4) is 0 Å². The summed E-state index contributed by atoms with van der Waals surface area (Å²) in [5.74, 6) is -0.0147. The monoisotopic (exact) mass is 312 g/mol. The summed E-state index contributed by atoms with van der Waals surface area (Å²) in [6.45, 7) is 8.45. The molecular formula is C17H25ClO3. The molecule has 1 rings (SSSR count). The zero-order chi connectivity index (χ0) is 15.7. The van der Waals surface area contributed by atoms with Crippen molar-refractivity contribution >= 4 is 17.6 Å². The Morgan fingerprint density at radius 2 is 1.95 bits per heavy atom. The molecule has 1 saturated carbocycles. The average Bonchev–Trinajstić information content (AvgIpc) is 2.48. The van der Waals surface area contributed by atoms with Gasteiger partial charge >= 0.3 is 5.97 Å². The summed E-state index contributed by atoms with van der Waals surface area (Å²) in [7, 11) is 0. The van der Waals surface area contributed by atoms with Gasteiger partial charge in [-0.2, -0.15) is 0 Å². The molecule has 3 nitrogen and oxygen atoms in total. The van der Waals surface area contributed by atoms with Crippen molar-refractivity contribution in [2.24, 2.45) is 5.92 Å². The third kappa shape index (κ3) is 6.96. The largest absolute Gasteiger partial charge is 0.466 e. The van der Waals surface area contributed by atoms with E-state index in [1.165, 1.54) is 0 Å². The van der Waals surface area contributed by atoms with Crippen LogP contribution in [0.2, 0.25) is 0 Å². The first-order valence-electron chi connectivity index (χ1n) is 7.52. The molecule has 0 unspecified atom stereocenters. The van der Waals surface area contributed by atoms with Crippen LogP contribution < -0.4 is 0 Å². The maximum absolute atomic E-state index is 11.7. The van der Waals surface area contributed by atoms with E-state index >= 15 is 0 Å². The second kappa shape index (κ2) is 9.80. The van der Waals surface area contributed by atoms with Crippen molar-refractivity contribution in [1.29, 1.82) is 0 Å². The van der Waals surface area contributed by atoms with E-state index in [9.17, 15) is 4.79 Å². The van der Waals surface area contributed by atoms with Crippen LogP contribution >= 0.6 is 11.6 Å². The van der Waals surface area contributed by atoms with Gasteiger partial charge < -0.3 is 9.47 Å². The van der Waals surface area contributed by atoms with Gasteiger partial charge in [0.05, 0.1) is 25.2 Å². The van der Waals surface area contributed by atoms with E-state index in [-0.39, 0.29) is 18.0 Å². The summed E-state index contributed by atoms with van der Waals surface area (Å²) in [6, 6.07) is 0. The first kappa shape index (κ1) is 18.0.